The zero-order chi connectivity index (χ0) is 13.5. The molecule has 2 aromatic rings. The van der Waals surface area contributed by atoms with Crippen molar-refractivity contribution in [2.24, 2.45) is 0 Å². The van der Waals surface area contributed by atoms with Crippen LogP contribution in [-0.4, -0.2) is 0 Å². The number of rotatable bonds is 2. The van der Waals surface area contributed by atoms with Gasteiger partial charge in [-0.05, 0) is 36.8 Å². The van der Waals surface area contributed by atoms with Crippen molar-refractivity contribution in [3.8, 4) is 11.5 Å². The van der Waals surface area contributed by atoms with Crippen molar-refractivity contribution < 1.29 is 13.5 Å². The molecule has 0 aliphatic heterocycles. The lowest BCUT2D eigenvalue weighted by molar-refractivity contribution is 0.436. The Morgan fingerprint density at radius 3 is 2.33 bits per heavy atom. The van der Waals surface area contributed by atoms with Gasteiger partial charge in [0, 0.05) is 6.07 Å². The van der Waals surface area contributed by atoms with Gasteiger partial charge in [-0.25, -0.2) is 8.78 Å². The highest BCUT2D eigenvalue weighted by Crippen LogP contribution is 2.25. The van der Waals surface area contributed by atoms with Crippen LogP contribution in [0.2, 0.25) is 0 Å². The summed E-state index contributed by atoms with van der Waals surface area (Å²) in [6.07, 6.45) is 0. The van der Waals surface area contributed by atoms with Gasteiger partial charge < -0.3 is 4.74 Å². The number of benzene rings is 2. The molecule has 0 bridgehead atoms. The van der Waals surface area contributed by atoms with E-state index in [0.29, 0.717) is 5.75 Å². The van der Waals surface area contributed by atoms with Gasteiger partial charge in [0.15, 0.2) is 11.6 Å². The summed E-state index contributed by atoms with van der Waals surface area (Å²) in [7, 11) is 0. The first kappa shape index (κ1) is 14.2. The molecule has 0 aromatic heterocycles. The maximum absolute atomic E-state index is 13.3. The van der Waals surface area contributed by atoms with Crippen molar-refractivity contribution in [1.82, 2.24) is 0 Å². The van der Waals surface area contributed by atoms with Crippen LogP contribution in [0.5, 0.6) is 11.5 Å². The molecule has 0 saturated heterocycles. The summed E-state index contributed by atoms with van der Waals surface area (Å²) in [5.41, 5.74) is 0.995. The molecular weight excluding hydrogens is 234 g/mol. The summed E-state index contributed by atoms with van der Waals surface area (Å²) >= 11 is 0. The van der Waals surface area contributed by atoms with Gasteiger partial charge in [0.2, 0.25) is 0 Å². The molecule has 0 amide bonds. The molecule has 0 atom stereocenters. The number of hydrogen-bond donors (Lipinski definition) is 0. The Balaban J connectivity index is 0.000000771. The summed E-state index contributed by atoms with van der Waals surface area (Å²) in [5.74, 6) is -0.720. The van der Waals surface area contributed by atoms with Gasteiger partial charge in [0.05, 0.1) is 0 Å². The van der Waals surface area contributed by atoms with Gasteiger partial charge in [-0.2, -0.15) is 0 Å². The number of aryl methyl sites for hydroxylation is 1. The zero-order valence-electron chi connectivity index (χ0n) is 10.7. The van der Waals surface area contributed by atoms with Crippen LogP contribution in [0.4, 0.5) is 8.78 Å². The quantitative estimate of drug-likeness (QED) is 0.721. The fourth-order valence-electron chi connectivity index (χ4n) is 1.36. The predicted octanol–water partition coefficient (Wildman–Crippen LogP) is 5.09. The second kappa shape index (κ2) is 6.74. The van der Waals surface area contributed by atoms with E-state index in [4.69, 9.17) is 4.74 Å². The first-order valence-electron chi connectivity index (χ1n) is 5.85. The van der Waals surface area contributed by atoms with Crippen LogP contribution in [0, 0.1) is 18.6 Å². The average molecular weight is 250 g/mol. The largest absolute Gasteiger partial charge is 0.454 e. The van der Waals surface area contributed by atoms with E-state index < -0.39 is 11.6 Å². The predicted molar refractivity (Wildman–Crippen MR) is 69.0 cm³/mol. The lowest BCUT2D eigenvalue weighted by Gasteiger charge is -2.07. The van der Waals surface area contributed by atoms with Crippen LogP contribution < -0.4 is 4.74 Å². The molecule has 0 heterocycles. The van der Waals surface area contributed by atoms with Crippen LogP contribution in [0.3, 0.4) is 0 Å². The van der Waals surface area contributed by atoms with Gasteiger partial charge in [-0.3, -0.25) is 0 Å². The average Bonchev–Trinajstić information content (AvgIpc) is 2.36. The van der Waals surface area contributed by atoms with Crippen molar-refractivity contribution in [2.75, 3.05) is 0 Å². The van der Waals surface area contributed by atoms with Crippen LogP contribution in [0.15, 0.2) is 42.5 Å². The molecule has 3 heteroatoms. The molecule has 0 aliphatic carbocycles. The van der Waals surface area contributed by atoms with E-state index in [0.717, 1.165) is 23.8 Å². The lowest BCUT2D eigenvalue weighted by Crippen LogP contribution is -1.89. The molecule has 0 saturated carbocycles. The monoisotopic (exact) mass is 250 g/mol. The van der Waals surface area contributed by atoms with Crippen molar-refractivity contribution in [2.45, 2.75) is 20.8 Å². The third kappa shape index (κ3) is 3.84. The maximum atomic E-state index is 13.3. The van der Waals surface area contributed by atoms with E-state index in [1.54, 1.807) is 18.2 Å². The Morgan fingerprint density at radius 2 is 1.67 bits per heavy atom. The van der Waals surface area contributed by atoms with E-state index in [9.17, 15) is 8.78 Å². The Labute approximate surface area is 106 Å². The van der Waals surface area contributed by atoms with Crippen molar-refractivity contribution >= 4 is 0 Å². The summed E-state index contributed by atoms with van der Waals surface area (Å²) < 4.78 is 31.4. The summed E-state index contributed by atoms with van der Waals surface area (Å²) in [6, 6.07) is 10.3. The van der Waals surface area contributed by atoms with Gasteiger partial charge in [0.1, 0.15) is 11.6 Å². The minimum absolute atomic E-state index is 0.106. The summed E-state index contributed by atoms with van der Waals surface area (Å²) in [4.78, 5) is 0. The first-order chi connectivity index (χ1) is 8.65. The number of hydrogen-bond acceptors (Lipinski definition) is 1. The van der Waals surface area contributed by atoms with Crippen LogP contribution in [0.25, 0.3) is 0 Å². The molecule has 0 N–H and O–H groups in total. The standard InChI is InChI=1S/C13H10F2O.C2H6/c1-9-3-2-4-11(7-9)16-13-8-10(14)5-6-12(13)15;1-2/h2-8H,1H3;1-2H3. The Kier molecular flexibility index (Phi) is 5.31. The molecule has 2 aromatic carbocycles. The topological polar surface area (TPSA) is 9.23 Å². The summed E-state index contributed by atoms with van der Waals surface area (Å²) in [6.45, 7) is 5.90. The third-order valence-electron chi connectivity index (χ3n) is 2.11. The minimum atomic E-state index is -0.581. The molecule has 0 unspecified atom stereocenters. The van der Waals surface area contributed by atoms with Crippen LogP contribution in [-0.2, 0) is 0 Å². The molecule has 96 valence electrons. The zero-order valence-corrected chi connectivity index (χ0v) is 10.7. The first-order valence-corrected chi connectivity index (χ1v) is 5.85. The second-order valence-electron chi connectivity index (χ2n) is 3.49. The van der Waals surface area contributed by atoms with Gasteiger partial charge in [-0.15, -0.1) is 0 Å². The van der Waals surface area contributed by atoms with Crippen LogP contribution in [0.1, 0.15) is 19.4 Å². The lowest BCUT2D eigenvalue weighted by atomic mass is 10.2. The molecule has 18 heavy (non-hydrogen) atoms. The fourth-order valence-corrected chi connectivity index (χ4v) is 1.36. The smallest absolute Gasteiger partial charge is 0.165 e. The highest BCUT2D eigenvalue weighted by Gasteiger charge is 2.06. The highest BCUT2D eigenvalue weighted by molar-refractivity contribution is 5.34. The number of halogens is 2. The highest BCUT2D eigenvalue weighted by atomic mass is 19.1. The Hall–Kier alpha value is -1.90. The summed E-state index contributed by atoms with van der Waals surface area (Å²) in [5, 5.41) is 0. The van der Waals surface area contributed by atoms with E-state index in [-0.39, 0.29) is 5.75 Å². The van der Waals surface area contributed by atoms with Gasteiger partial charge in [-0.1, -0.05) is 26.0 Å². The van der Waals surface area contributed by atoms with E-state index >= 15 is 0 Å². The fraction of sp³-hybridized carbons (Fsp3) is 0.200. The molecular formula is C15H16F2O. The minimum Gasteiger partial charge on any atom is -0.454 e. The molecule has 0 radical (unpaired) electrons. The molecule has 2 rings (SSSR count). The molecule has 0 aliphatic rings. The van der Waals surface area contributed by atoms with Gasteiger partial charge >= 0.3 is 0 Å². The van der Waals surface area contributed by atoms with E-state index in [1.807, 2.05) is 26.8 Å². The Morgan fingerprint density at radius 1 is 0.944 bits per heavy atom. The van der Waals surface area contributed by atoms with Gasteiger partial charge in [0.25, 0.3) is 0 Å². The van der Waals surface area contributed by atoms with Crippen molar-refractivity contribution in [1.29, 1.82) is 0 Å². The maximum Gasteiger partial charge on any atom is 0.165 e. The normalized spacial score (nSPS) is 9.39. The molecule has 0 spiro atoms. The van der Waals surface area contributed by atoms with E-state index in [1.165, 1.54) is 0 Å². The van der Waals surface area contributed by atoms with Crippen molar-refractivity contribution in [3.63, 3.8) is 0 Å². The van der Waals surface area contributed by atoms with E-state index in [2.05, 4.69) is 0 Å². The molecule has 1 nitrogen and oxygen atoms in total. The number of ether oxygens (including phenoxy) is 1. The SMILES string of the molecule is CC.Cc1cccc(Oc2cc(F)ccc2F)c1. The Bertz CT molecular complexity index is 510. The third-order valence-corrected chi connectivity index (χ3v) is 2.11. The van der Waals surface area contributed by atoms with Crippen molar-refractivity contribution in [3.05, 3.63) is 59.7 Å². The second-order valence-corrected chi connectivity index (χ2v) is 3.49. The van der Waals surface area contributed by atoms with Crippen LogP contribution >= 0.6 is 0 Å². The molecule has 0 fully saturated rings.